The molecule has 1 unspecified atom stereocenters. The Hall–Kier alpha value is -3.80. The lowest BCUT2D eigenvalue weighted by molar-refractivity contribution is -0.120. The molecule has 1 aromatic carbocycles. The van der Waals surface area contributed by atoms with Gasteiger partial charge in [0.05, 0.1) is 5.41 Å². The first-order chi connectivity index (χ1) is 18.0. The SMILES string of the molecule is NC1=C(/C=C\CI)CCN1C(=O)c1cc(Nc2ccc3c(c2)CC2(C3)C(=O)Nc3ncccc32)ncn1. The highest BCUT2D eigenvalue weighted by atomic mass is 127. The number of aromatic nitrogens is 3. The highest BCUT2D eigenvalue weighted by Crippen LogP contribution is 2.47. The lowest BCUT2D eigenvalue weighted by atomic mass is 9.79. The summed E-state index contributed by atoms with van der Waals surface area (Å²) in [5.41, 5.74) is 10.9. The van der Waals surface area contributed by atoms with Gasteiger partial charge in [0, 0.05) is 34.5 Å². The Kier molecular flexibility index (Phi) is 5.90. The Morgan fingerprint density at radius 1 is 1.19 bits per heavy atom. The molecule has 0 saturated carbocycles. The number of carbonyl (C=O) groups is 2. The quantitative estimate of drug-likeness (QED) is 0.300. The number of carbonyl (C=O) groups excluding carboxylic acids is 2. The molecule has 0 bridgehead atoms. The van der Waals surface area contributed by atoms with Crippen LogP contribution in [0.15, 0.2) is 72.5 Å². The highest BCUT2D eigenvalue weighted by Gasteiger charge is 2.51. The molecule has 186 valence electrons. The van der Waals surface area contributed by atoms with Crippen LogP contribution in [-0.4, -0.2) is 42.6 Å². The van der Waals surface area contributed by atoms with Gasteiger partial charge in [-0.1, -0.05) is 46.9 Å². The van der Waals surface area contributed by atoms with Crippen molar-refractivity contribution in [1.82, 2.24) is 19.9 Å². The molecule has 9 nitrogen and oxygen atoms in total. The van der Waals surface area contributed by atoms with Crippen molar-refractivity contribution in [3.8, 4) is 0 Å². The van der Waals surface area contributed by atoms with Crippen LogP contribution in [0.3, 0.4) is 0 Å². The lowest BCUT2D eigenvalue weighted by Gasteiger charge is -2.20. The third kappa shape index (κ3) is 4.05. The van der Waals surface area contributed by atoms with Crippen LogP contribution < -0.4 is 16.4 Å². The fourth-order valence-corrected chi connectivity index (χ4v) is 5.65. The summed E-state index contributed by atoms with van der Waals surface area (Å²) in [6, 6.07) is 11.5. The van der Waals surface area contributed by atoms with E-state index >= 15 is 0 Å². The predicted octanol–water partition coefficient (Wildman–Crippen LogP) is 3.61. The molecule has 2 amide bonds. The molecule has 37 heavy (non-hydrogen) atoms. The number of hydrogen-bond donors (Lipinski definition) is 3. The summed E-state index contributed by atoms with van der Waals surface area (Å²) in [6.45, 7) is 0.525. The molecular formula is C27H24IN7O2. The molecule has 4 heterocycles. The molecule has 10 heteroatoms. The van der Waals surface area contributed by atoms with Gasteiger partial charge in [0.1, 0.15) is 29.5 Å². The van der Waals surface area contributed by atoms with E-state index in [0.29, 0.717) is 36.8 Å². The van der Waals surface area contributed by atoms with Crippen LogP contribution in [0.1, 0.15) is 33.6 Å². The molecule has 3 aliphatic rings. The van der Waals surface area contributed by atoms with Gasteiger partial charge in [-0.2, -0.15) is 0 Å². The van der Waals surface area contributed by atoms with E-state index in [-0.39, 0.29) is 17.5 Å². The van der Waals surface area contributed by atoms with Crippen molar-refractivity contribution in [2.45, 2.75) is 24.7 Å². The normalized spacial score (nSPS) is 20.0. The Balaban J connectivity index is 1.21. The van der Waals surface area contributed by atoms with E-state index in [1.54, 1.807) is 17.2 Å². The van der Waals surface area contributed by atoms with E-state index in [4.69, 9.17) is 5.73 Å². The van der Waals surface area contributed by atoms with Crippen molar-refractivity contribution in [2.24, 2.45) is 5.73 Å². The van der Waals surface area contributed by atoms with Crippen LogP contribution in [0.25, 0.3) is 0 Å². The van der Waals surface area contributed by atoms with Crippen molar-refractivity contribution in [3.05, 3.63) is 94.9 Å². The maximum atomic E-state index is 13.1. The minimum atomic E-state index is -0.618. The van der Waals surface area contributed by atoms with Gasteiger partial charge >= 0.3 is 0 Å². The van der Waals surface area contributed by atoms with Crippen molar-refractivity contribution in [1.29, 1.82) is 0 Å². The minimum Gasteiger partial charge on any atom is -0.385 e. The van der Waals surface area contributed by atoms with E-state index < -0.39 is 5.41 Å². The first kappa shape index (κ1) is 23.6. The highest BCUT2D eigenvalue weighted by molar-refractivity contribution is 14.1. The van der Waals surface area contributed by atoms with Crippen molar-refractivity contribution in [2.75, 3.05) is 21.6 Å². The molecule has 4 N–H and O–H groups in total. The first-order valence-electron chi connectivity index (χ1n) is 12.0. The van der Waals surface area contributed by atoms with Gasteiger partial charge in [-0.15, -0.1) is 0 Å². The Morgan fingerprint density at radius 3 is 2.92 bits per heavy atom. The second kappa shape index (κ2) is 9.25. The monoisotopic (exact) mass is 605 g/mol. The average Bonchev–Trinajstić information content (AvgIpc) is 3.56. The summed E-state index contributed by atoms with van der Waals surface area (Å²) in [6.07, 6.45) is 9.03. The number of anilines is 3. The number of nitrogens with one attached hydrogen (secondary N) is 2. The number of halogens is 1. The van der Waals surface area contributed by atoms with E-state index in [9.17, 15) is 9.59 Å². The second-order valence-corrected chi connectivity index (χ2v) is 10.2. The second-order valence-electron chi connectivity index (χ2n) is 9.36. The van der Waals surface area contributed by atoms with Crippen molar-refractivity contribution < 1.29 is 9.59 Å². The number of nitrogens with two attached hydrogens (primary N) is 1. The summed E-state index contributed by atoms with van der Waals surface area (Å²) in [7, 11) is 0. The van der Waals surface area contributed by atoms with E-state index in [0.717, 1.165) is 38.8 Å². The van der Waals surface area contributed by atoms with Gasteiger partial charge in [0.15, 0.2) is 0 Å². The smallest absolute Gasteiger partial charge is 0.278 e. The largest absolute Gasteiger partial charge is 0.385 e. The van der Waals surface area contributed by atoms with Gasteiger partial charge in [-0.05, 0) is 54.2 Å². The topological polar surface area (TPSA) is 126 Å². The Morgan fingerprint density at radius 2 is 2.05 bits per heavy atom. The maximum Gasteiger partial charge on any atom is 0.278 e. The number of amides is 2. The molecule has 2 aromatic heterocycles. The zero-order chi connectivity index (χ0) is 25.6. The fraction of sp³-hybridized carbons (Fsp3) is 0.222. The molecule has 3 aromatic rings. The van der Waals surface area contributed by atoms with Gasteiger partial charge < -0.3 is 16.4 Å². The van der Waals surface area contributed by atoms with E-state index in [1.807, 2.05) is 42.5 Å². The molecule has 0 saturated heterocycles. The number of nitrogens with zero attached hydrogens (tertiary/aromatic N) is 4. The van der Waals surface area contributed by atoms with Crippen LogP contribution >= 0.6 is 22.6 Å². The minimum absolute atomic E-state index is 0.00552. The molecule has 6 rings (SSSR count). The van der Waals surface area contributed by atoms with Gasteiger partial charge in [0.2, 0.25) is 5.91 Å². The number of hydrogen-bond acceptors (Lipinski definition) is 7. The Bertz CT molecular complexity index is 1500. The number of benzene rings is 1. The number of pyridine rings is 1. The standard InChI is InChI=1S/C27H24IN7O2/c28-8-1-3-16-7-10-35(23(16)29)25(36)21-12-22(32-15-31-21)33-19-6-5-17-13-27(14-18(17)11-19)20-4-2-9-30-24(20)34-26(27)37/h1-6,9,11-12,15H,7-8,10,13-14,29H2,(H,30,34,37)(H,31,32,33)/b3-1-. The number of rotatable bonds is 5. The molecule has 0 radical (unpaired) electrons. The van der Waals surface area contributed by atoms with Crippen LogP contribution in [-0.2, 0) is 23.1 Å². The van der Waals surface area contributed by atoms with E-state index in [1.165, 1.54) is 6.33 Å². The van der Waals surface area contributed by atoms with Crippen LogP contribution in [0.5, 0.6) is 0 Å². The van der Waals surface area contributed by atoms with Crippen LogP contribution in [0.4, 0.5) is 17.3 Å². The molecule has 0 fully saturated rings. The summed E-state index contributed by atoms with van der Waals surface area (Å²) in [5.74, 6) is 1.37. The van der Waals surface area contributed by atoms with E-state index in [2.05, 4.69) is 48.2 Å². The maximum absolute atomic E-state index is 13.1. The van der Waals surface area contributed by atoms with Crippen LogP contribution in [0.2, 0.25) is 0 Å². The number of alkyl halides is 1. The number of allylic oxidation sites excluding steroid dienone is 2. The molecule has 1 atom stereocenters. The molecule has 1 aliphatic carbocycles. The summed E-state index contributed by atoms with van der Waals surface area (Å²) < 4.78 is 0.880. The molecule has 2 aliphatic heterocycles. The number of fused-ring (bicyclic) bond motifs is 3. The average molecular weight is 605 g/mol. The van der Waals surface area contributed by atoms with Gasteiger partial charge in [-0.3, -0.25) is 14.5 Å². The molecular weight excluding hydrogens is 581 g/mol. The summed E-state index contributed by atoms with van der Waals surface area (Å²) in [5, 5.41) is 6.23. The third-order valence-electron chi connectivity index (χ3n) is 7.22. The lowest BCUT2D eigenvalue weighted by Crippen LogP contribution is -2.35. The predicted molar refractivity (Wildman–Crippen MR) is 149 cm³/mol. The first-order valence-corrected chi connectivity index (χ1v) is 13.5. The molecule has 1 spiro atoms. The Labute approximate surface area is 227 Å². The third-order valence-corrected chi connectivity index (χ3v) is 7.73. The van der Waals surface area contributed by atoms with Gasteiger partial charge in [0.25, 0.3) is 5.91 Å². The fourth-order valence-electron chi connectivity index (χ4n) is 5.39. The summed E-state index contributed by atoms with van der Waals surface area (Å²) >= 11 is 2.27. The van der Waals surface area contributed by atoms with Gasteiger partial charge in [-0.25, -0.2) is 15.0 Å². The van der Waals surface area contributed by atoms with Crippen molar-refractivity contribution in [3.63, 3.8) is 0 Å². The zero-order valence-corrected chi connectivity index (χ0v) is 22.0. The van der Waals surface area contributed by atoms with Crippen molar-refractivity contribution >= 4 is 51.7 Å². The zero-order valence-electron chi connectivity index (χ0n) is 19.9. The van der Waals surface area contributed by atoms with Crippen LogP contribution in [0, 0.1) is 0 Å². The summed E-state index contributed by atoms with van der Waals surface area (Å²) in [4.78, 5) is 40.5.